The van der Waals surface area contributed by atoms with Gasteiger partial charge in [-0.1, -0.05) is 24.3 Å². The maximum Gasteiger partial charge on any atom is 0.320 e. The summed E-state index contributed by atoms with van der Waals surface area (Å²) in [5.74, 6) is 0.0321. The van der Waals surface area contributed by atoms with Crippen molar-refractivity contribution in [1.29, 1.82) is 0 Å². The van der Waals surface area contributed by atoms with Crippen LogP contribution in [-0.4, -0.2) is 81.8 Å². The Balaban J connectivity index is 1.33. The highest BCUT2D eigenvalue weighted by Gasteiger charge is 2.18. The van der Waals surface area contributed by atoms with E-state index in [1.54, 1.807) is 7.11 Å². The van der Waals surface area contributed by atoms with Gasteiger partial charge in [0.25, 0.3) is 0 Å². The lowest BCUT2D eigenvalue weighted by molar-refractivity contribution is -0.147. The standard InChI is InChI=1S/C25H34N2O5/c1-19(20-6-7-22-17-23(30-3)9-8-21(22)16-20)25(29)32-15-5-4-14-31-24(28)18-27-12-10-26(2)11-13-27/h6-9,16-17,19H,4-5,10-15,18H2,1-3H3. The molecule has 32 heavy (non-hydrogen) atoms. The van der Waals surface area contributed by atoms with Crippen LogP contribution < -0.4 is 4.74 Å². The van der Waals surface area contributed by atoms with Crippen molar-refractivity contribution >= 4 is 22.7 Å². The fourth-order valence-electron chi connectivity index (χ4n) is 3.70. The largest absolute Gasteiger partial charge is 0.497 e. The number of nitrogens with zero attached hydrogens (tertiary/aromatic N) is 2. The van der Waals surface area contributed by atoms with Crippen molar-refractivity contribution in [3.05, 3.63) is 42.0 Å². The molecule has 1 heterocycles. The second-order valence-corrected chi connectivity index (χ2v) is 8.37. The molecule has 0 spiro atoms. The second kappa shape index (κ2) is 11.8. The third-order valence-electron chi connectivity index (χ3n) is 5.92. The molecule has 0 bridgehead atoms. The molecule has 0 radical (unpaired) electrons. The molecule has 0 aliphatic carbocycles. The summed E-state index contributed by atoms with van der Waals surface area (Å²) >= 11 is 0. The summed E-state index contributed by atoms with van der Waals surface area (Å²) in [5, 5.41) is 2.12. The summed E-state index contributed by atoms with van der Waals surface area (Å²) < 4.78 is 16.0. The maximum absolute atomic E-state index is 12.4. The van der Waals surface area contributed by atoms with Gasteiger partial charge < -0.3 is 19.1 Å². The molecule has 174 valence electrons. The molecule has 7 nitrogen and oxygen atoms in total. The number of rotatable bonds is 10. The van der Waals surface area contributed by atoms with E-state index in [1.807, 2.05) is 43.3 Å². The number of fused-ring (bicyclic) bond motifs is 1. The Bertz CT molecular complexity index is 908. The zero-order valence-electron chi connectivity index (χ0n) is 19.3. The van der Waals surface area contributed by atoms with E-state index in [-0.39, 0.29) is 17.9 Å². The lowest BCUT2D eigenvalue weighted by Gasteiger charge is -2.31. The third-order valence-corrected chi connectivity index (χ3v) is 5.92. The summed E-state index contributed by atoms with van der Waals surface area (Å²) in [6, 6.07) is 11.8. The van der Waals surface area contributed by atoms with Crippen molar-refractivity contribution in [1.82, 2.24) is 9.80 Å². The fourth-order valence-corrected chi connectivity index (χ4v) is 3.70. The van der Waals surface area contributed by atoms with E-state index in [0.717, 1.165) is 48.3 Å². The van der Waals surface area contributed by atoms with Gasteiger partial charge in [-0.3, -0.25) is 14.5 Å². The molecule has 1 aliphatic rings. The van der Waals surface area contributed by atoms with Crippen molar-refractivity contribution in [2.24, 2.45) is 0 Å². The minimum absolute atomic E-state index is 0.186. The summed E-state index contributed by atoms with van der Waals surface area (Å²) in [6.07, 6.45) is 1.34. The number of carbonyl (C=O) groups is 2. The van der Waals surface area contributed by atoms with Crippen LogP contribution in [0, 0.1) is 0 Å². The molecule has 1 saturated heterocycles. The SMILES string of the molecule is COc1ccc2cc(C(C)C(=O)OCCCCOC(=O)CN3CCN(C)CC3)ccc2c1. The number of hydrogen-bond acceptors (Lipinski definition) is 7. The number of hydrogen-bond donors (Lipinski definition) is 0. The van der Waals surface area contributed by atoms with Crippen molar-refractivity contribution in [2.45, 2.75) is 25.7 Å². The molecule has 1 unspecified atom stereocenters. The molecular formula is C25H34N2O5. The van der Waals surface area contributed by atoms with E-state index in [1.165, 1.54) is 0 Å². The fraction of sp³-hybridized carbons (Fsp3) is 0.520. The summed E-state index contributed by atoms with van der Waals surface area (Å²) in [7, 11) is 3.73. The van der Waals surface area contributed by atoms with Crippen LogP contribution >= 0.6 is 0 Å². The number of unbranched alkanes of at least 4 members (excludes halogenated alkanes) is 1. The molecular weight excluding hydrogens is 408 g/mol. The zero-order chi connectivity index (χ0) is 22.9. The monoisotopic (exact) mass is 442 g/mol. The van der Waals surface area contributed by atoms with Gasteiger partial charge in [-0.15, -0.1) is 0 Å². The highest BCUT2D eigenvalue weighted by molar-refractivity contribution is 5.86. The average molecular weight is 443 g/mol. The van der Waals surface area contributed by atoms with E-state index < -0.39 is 0 Å². The van der Waals surface area contributed by atoms with Gasteiger partial charge in [0.1, 0.15) is 5.75 Å². The molecule has 0 amide bonds. The Morgan fingerprint density at radius 3 is 2.31 bits per heavy atom. The first-order valence-electron chi connectivity index (χ1n) is 11.3. The minimum Gasteiger partial charge on any atom is -0.497 e. The van der Waals surface area contributed by atoms with E-state index in [4.69, 9.17) is 14.2 Å². The molecule has 3 rings (SSSR count). The number of esters is 2. The molecule has 1 fully saturated rings. The van der Waals surface area contributed by atoms with Crippen molar-refractivity contribution in [3.8, 4) is 5.75 Å². The second-order valence-electron chi connectivity index (χ2n) is 8.37. The first-order chi connectivity index (χ1) is 15.5. The van der Waals surface area contributed by atoms with Crippen LogP contribution in [0.25, 0.3) is 10.8 Å². The number of piperazine rings is 1. The van der Waals surface area contributed by atoms with Crippen molar-refractivity contribution < 1.29 is 23.8 Å². The van der Waals surface area contributed by atoms with Gasteiger partial charge in [-0.2, -0.15) is 0 Å². The van der Waals surface area contributed by atoms with Gasteiger partial charge in [-0.25, -0.2) is 0 Å². The van der Waals surface area contributed by atoms with Gasteiger partial charge in [0.05, 0.1) is 32.8 Å². The molecule has 2 aromatic rings. The quantitative estimate of drug-likeness (QED) is 0.414. The zero-order valence-corrected chi connectivity index (χ0v) is 19.3. The Kier molecular flexibility index (Phi) is 8.88. The molecule has 0 N–H and O–H groups in total. The Labute approximate surface area is 190 Å². The van der Waals surface area contributed by atoms with Crippen LogP contribution in [0.3, 0.4) is 0 Å². The first kappa shape index (κ1) is 24.0. The van der Waals surface area contributed by atoms with Gasteiger partial charge in [0, 0.05) is 26.2 Å². The van der Waals surface area contributed by atoms with Crippen molar-refractivity contribution in [3.63, 3.8) is 0 Å². The lowest BCUT2D eigenvalue weighted by atomic mass is 9.98. The maximum atomic E-state index is 12.4. The third kappa shape index (κ3) is 6.93. The van der Waals surface area contributed by atoms with E-state index >= 15 is 0 Å². The Hall–Kier alpha value is -2.64. The Morgan fingerprint density at radius 2 is 1.59 bits per heavy atom. The van der Waals surface area contributed by atoms with Crippen molar-refractivity contribution in [2.75, 3.05) is 60.1 Å². The molecule has 1 atom stereocenters. The van der Waals surface area contributed by atoms with Crippen LogP contribution in [0.2, 0.25) is 0 Å². The average Bonchev–Trinajstić information content (AvgIpc) is 2.81. The predicted molar refractivity (Wildman–Crippen MR) is 124 cm³/mol. The summed E-state index contributed by atoms with van der Waals surface area (Å²) in [6.45, 7) is 6.62. The van der Waals surface area contributed by atoms with Crippen LogP contribution in [0.4, 0.5) is 0 Å². The summed E-state index contributed by atoms with van der Waals surface area (Å²) in [5.41, 5.74) is 0.922. The lowest BCUT2D eigenvalue weighted by Crippen LogP contribution is -2.46. The molecule has 0 saturated carbocycles. The molecule has 0 aromatic heterocycles. The number of benzene rings is 2. The highest BCUT2D eigenvalue weighted by atomic mass is 16.5. The minimum atomic E-state index is -0.345. The summed E-state index contributed by atoms with van der Waals surface area (Å²) in [4.78, 5) is 28.7. The molecule has 2 aromatic carbocycles. The van der Waals surface area contributed by atoms with E-state index in [0.29, 0.717) is 32.6 Å². The normalized spacial score (nSPS) is 16.0. The van der Waals surface area contributed by atoms with Crippen LogP contribution in [0.1, 0.15) is 31.2 Å². The number of carbonyl (C=O) groups excluding carboxylic acids is 2. The van der Waals surface area contributed by atoms with Gasteiger partial charge in [0.2, 0.25) is 0 Å². The van der Waals surface area contributed by atoms with Gasteiger partial charge >= 0.3 is 11.9 Å². The topological polar surface area (TPSA) is 68.3 Å². The number of likely N-dealkylation sites (N-methyl/N-ethyl adjacent to an activating group) is 1. The molecule has 7 heteroatoms. The van der Waals surface area contributed by atoms with E-state index in [9.17, 15) is 9.59 Å². The van der Waals surface area contributed by atoms with E-state index in [2.05, 4.69) is 16.8 Å². The van der Waals surface area contributed by atoms with Gasteiger partial charge in [-0.05, 0) is 55.3 Å². The number of methoxy groups -OCH3 is 1. The number of ether oxygens (including phenoxy) is 3. The molecule has 1 aliphatic heterocycles. The highest BCUT2D eigenvalue weighted by Crippen LogP contribution is 2.25. The van der Waals surface area contributed by atoms with Gasteiger partial charge in [0.15, 0.2) is 0 Å². The van der Waals surface area contributed by atoms with Crippen LogP contribution in [0.5, 0.6) is 5.75 Å². The first-order valence-corrected chi connectivity index (χ1v) is 11.3. The van der Waals surface area contributed by atoms with Crippen LogP contribution in [-0.2, 0) is 19.1 Å². The smallest absolute Gasteiger partial charge is 0.320 e. The van der Waals surface area contributed by atoms with Crippen LogP contribution in [0.15, 0.2) is 36.4 Å². The predicted octanol–water partition coefficient (Wildman–Crippen LogP) is 3.07. The Morgan fingerprint density at radius 1 is 0.938 bits per heavy atom.